The van der Waals surface area contributed by atoms with E-state index in [0.717, 1.165) is 0 Å². The lowest BCUT2D eigenvalue weighted by Crippen LogP contribution is -2.02. The molecule has 0 aromatic carbocycles. The summed E-state index contributed by atoms with van der Waals surface area (Å²) in [6.07, 6.45) is 1.90. The summed E-state index contributed by atoms with van der Waals surface area (Å²) in [5.74, 6) is -0.680. The second kappa shape index (κ2) is 4.35. The Morgan fingerprint density at radius 3 is 3.00 bits per heavy atom. The quantitative estimate of drug-likeness (QED) is 0.430. The summed E-state index contributed by atoms with van der Waals surface area (Å²) in [6, 6.07) is 0. The lowest BCUT2D eigenvalue weighted by molar-refractivity contribution is -0.393. The van der Waals surface area contributed by atoms with Gasteiger partial charge in [-0.25, -0.2) is 4.98 Å². The van der Waals surface area contributed by atoms with Gasteiger partial charge in [0.15, 0.2) is 5.69 Å². The summed E-state index contributed by atoms with van der Waals surface area (Å²) >= 11 is 0. The molecule has 0 aliphatic rings. The van der Waals surface area contributed by atoms with Gasteiger partial charge in [-0.05, 0) is 4.92 Å². The molecule has 1 heterocycles. The highest BCUT2D eigenvalue weighted by Gasteiger charge is 2.12. The highest BCUT2D eigenvalue weighted by molar-refractivity contribution is 5.69. The third-order valence-electron chi connectivity index (χ3n) is 1.60. The highest BCUT2D eigenvalue weighted by Crippen LogP contribution is 2.06. The number of nitrogens with zero attached hydrogens (tertiary/aromatic N) is 2. The lowest BCUT2D eigenvalue weighted by Gasteiger charge is -1.93. The second-order valence-corrected chi connectivity index (χ2v) is 2.55. The predicted octanol–water partition coefficient (Wildman–Crippen LogP) is 0.423. The van der Waals surface area contributed by atoms with Crippen LogP contribution in [0.5, 0.6) is 0 Å². The molecule has 0 atom stereocenters. The van der Waals surface area contributed by atoms with Gasteiger partial charge in [-0.2, -0.15) is 0 Å². The number of hydrogen-bond acceptors (Lipinski definition) is 5. The number of aryl methyl sites for hydroxylation is 1. The fourth-order valence-electron chi connectivity index (χ4n) is 0.902. The molecule has 0 amide bonds. The van der Waals surface area contributed by atoms with E-state index in [1.165, 1.54) is 13.3 Å². The van der Waals surface area contributed by atoms with Crippen molar-refractivity contribution >= 4 is 11.9 Å². The molecule has 0 fully saturated rings. The lowest BCUT2D eigenvalue weighted by atomic mass is 10.2. The first kappa shape index (κ1) is 10.2. The highest BCUT2D eigenvalue weighted by atomic mass is 16.6. The number of ether oxygens (including phenoxy) is 1. The van der Waals surface area contributed by atoms with Crippen molar-refractivity contribution in [2.45, 2.75) is 12.8 Å². The zero-order valence-electron chi connectivity index (χ0n) is 7.52. The second-order valence-electron chi connectivity index (χ2n) is 2.55. The van der Waals surface area contributed by atoms with Crippen molar-refractivity contribution in [3.05, 3.63) is 22.0 Å². The van der Waals surface area contributed by atoms with Gasteiger partial charge in [0, 0.05) is 6.42 Å². The summed E-state index contributed by atoms with van der Waals surface area (Å²) in [6.45, 7) is 0. The van der Waals surface area contributed by atoms with Gasteiger partial charge in [0.25, 0.3) is 0 Å². The number of imidazole rings is 1. The number of nitro groups is 1. The van der Waals surface area contributed by atoms with Crippen LogP contribution < -0.4 is 0 Å². The number of nitrogens with one attached hydrogen (secondary N) is 1. The number of rotatable bonds is 4. The molecule has 1 aromatic rings. The average Bonchev–Trinajstić information content (AvgIpc) is 2.62. The van der Waals surface area contributed by atoms with E-state index in [1.54, 1.807) is 0 Å². The Labute approximate surface area is 79.2 Å². The van der Waals surface area contributed by atoms with Crippen molar-refractivity contribution in [3.8, 4) is 0 Å². The number of carbonyl (C=O) groups excluding carboxylic acids is 1. The smallest absolute Gasteiger partial charge is 0.432 e. The first-order valence-electron chi connectivity index (χ1n) is 3.89. The van der Waals surface area contributed by atoms with Gasteiger partial charge in [-0.1, -0.05) is 4.98 Å². The number of methoxy groups -OCH3 is 1. The van der Waals surface area contributed by atoms with Crippen LogP contribution in [-0.2, 0) is 16.0 Å². The number of aromatic nitrogens is 2. The molecule has 76 valence electrons. The molecular weight excluding hydrogens is 190 g/mol. The van der Waals surface area contributed by atoms with Gasteiger partial charge in [0.1, 0.15) is 6.20 Å². The van der Waals surface area contributed by atoms with Crippen LogP contribution in [0.2, 0.25) is 0 Å². The van der Waals surface area contributed by atoms with Gasteiger partial charge in [-0.15, -0.1) is 0 Å². The van der Waals surface area contributed by atoms with E-state index in [0.29, 0.717) is 12.1 Å². The Morgan fingerprint density at radius 2 is 2.50 bits per heavy atom. The predicted molar refractivity (Wildman–Crippen MR) is 45.6 cm³/mol. The van der Waals surface area contributed by atoms with Crippen LogP contribution in [0.15, 0.2) is 6.20 Å². The van der Waals surface area contributed by atoms with Crippen molar-refractivity contribution < 1.29 is 14.5 Å². The van der Waals surface area contributed by atoms with Crippen LogP contribution in [0.4, 0.5) is 5.95 Å². The number of hydrogen-bond donors (Lipinski definition) is 1. The Kier molecular flexibility index (Phi) is 3.16. The third kappa shape index (κ3) is 2.54. The van der Waals surface area contributed by atoms with Crippen LogP contribution in [-0.4, -0.2) is 28.0 Å². The zero-order valence-corrected chi connectivity index (χ0v) is 7.52. The van der Waals surface area contributed by atoms with Crippen molar-refractivity contribution in [1.29, 1.82) is 0 Å². The van der Waals surface area contributed by atoms with Gasteiger partial charge in [-0.3, -0.25) is 4.79 Å². The maximum absolute atomic E-state index is 10.7. The van der Waals surface area contributed by atoms with Gasteiger partial charge in [0.05, 0.1) is 13.5 Å². The largest absolute Gasteiger partial charge is 0.469 e. The molecule has 0 bridgehead atoms. The van der Waals surface area contributed by atoms with Crippen LogP contribution in [0.3, 0.4) is 0 Å². The molecule has 0 spiro atoms. The fourth-order valence-corrected chi connectivity index (χ4v) is 0.902. The molecule has 14 heavy (non-hydrogen) atoms. The van der Waals surface area contributed by atoms with E-state index in [9.17, 15) is 14.9 Å². The van der Waals surface area contributed by atoms with E-state index in [-0.39, 0.29) is 18.3 Å². The van der Waals surface area contributed by atoms with Gasteiger partial charge in [0.2, 0.25) is 0 Å². The van der Waals surface area contributed by atoms with Crippen molar-refractivity contribution in [2.75, 3.05) is 7.11 Å². The number of esters is 1. The maximum atomic E-state index is 10.7. The van der Waals surface area contributed by atoms with Crippen LogP contribution in [0.1, 0.15) is 12.1 Å². The number of aromatic amines is 1. The molecule has 0 saturated heterocycles. The van der Waals surface area contributed by atoms with Gasteiger partial charge < -0.3 is 14.9 Å². The van der Waals surface area contributed by atoms with Crippen molar-refractivity contribution in [2.24, 2.45) is 0 Å². The van der Waals surface area contributed by atoms with E-state index >= 15 is 0 Å². The summed E-state index contributed by atoms with van der Waals surface area (Å²) in [4.78, 5) is 26.4. The molecule has 0 aliphatic carbocycles. The summed E-state index contributed by atoms with van der Waals surface area (Å²) in [7, 11) is 1.29. The first-order chi connectivity index (χ1) is 6.63. The van der Waals surface area contributed by atoms with E-state index in [4.69, 9.17) is 0 Å². The van der Waals surface area contributed by atoms with E-state index in [1.807, 2.05) is 0 Å². The van der Waals surface area contributed by atoms with Crippen molar-refractivity contribution in [1.82, 2.24) is 9.97 Å². The SMILES string of the molecule is COC(=O)CCc1c[nH]c([N+](=O)[O-])n1. The minimum Gasteiger partial charge on any atom is -0.469 e. The number of carbonyl (C=O) groups is 1. The zero-order chi connectivity index (χ0) is 10.6. The Balaban J connectivity index is 2.52. The molecule has 0 aliphatic heterocycles. The standard InChI is InChI=1S/C7H9N3O4/c1-14-6(11)3-2-5-4-8-7(9-5)10(12)13/h4H,2-3H2,1H3,(H,8,9). The molecule has 1 N–H and O–H groups in total. The molecule has 1 aromatic heterocycles. The fraction of sp³-hybridized carbons (Fsp3) is 0.429. The Morgan fingerprint density at radius 1 is 1.79 bits per heavy atom. The Bertz CT molecular complexity index is 346. The molecule has 1 rings (SSSR count). The van der Waals surface area contributed by atoms with Gasteiger partial charge >= 0.3 is 11.9 Å². The molecule has 0 unspecified atom stereocenters. The number of H-pyrrole nitrogens is 1. The average molecular weight is 199 g/mol. The van der Waals surface area contributed by atoms with E-state index < -0.39 is 4.92 Å². The summed E-state index contributed by atoms with van der Waals surface area (Å²) in [5, 5.41) is 10.2. The van der Waals surface area contributed by atoms with E-state index in [2.05, 4.69) is 14.7 Å². The third-order valence-corrected chi connectivity index (χ3v) is 1.60. The topological polar surface area (TPSA) is 98.1 Å². The maximum Gasteiger partial charge on any atom is 0.432 e. The molecule has 7 nitrogen and oxygen atoms in total. The van der Waals surface area contributed by atoms with Crippen molar-refractivity contribution in [3.63, 3.8) is 0 Å². The van der Waals surface area contributed by atoms with Crippen LogP contribution in [0, 0.1) is 10.1 Å². The summed E-state index contributed by atoms with van der Waals surface area (Å²) < 4.78 is 4.42. The van der Waals surface area contributed by atoms with Crippen LogP contribution >= 0.6 is 0 Å². The molecule has 0 saturated carbocycles. The van der Waals surface area contributed by atoms with Crippen LogP contribution in [0.25, 0.3) is 0 Å². The summed E-state index contributed by atoms with van der Waals surface area (Å²) in [5.41, 5.74) is 0.474. The monoisotopic (exact) mass is 199 g/mol. The Hall–Kier alpha value is -1.92. The molecular formula is C7H9N3O4. The molecule has 0 radical (unpaired) electrons. The normalized spacial score (nSPS) is 9.79. The minimum atomic E-state index is -0.623. The molecule has 7 heteroatoms. The minimum absolute atomic E-state index is 0.165. The first-order valence-corrected chi connectivity index (χ1v) is 3.89.